The van der Waals surface area contributed by atoms with E-state index in [0.717, 1.165) is 79.5 Å². The molecule has 34 heavy (non-hydrogen) atoms. The molecule has 0 N–H and O–H groups in total. The van der Waals surface area contributed by atoms with Gasteiger partial charge in [-0.25, -0.2) is 4.39 Å². The topological polar surface area (TPSA) is 45.7 Å². The van der Waals surface area contributed by atoms with Crippen LogP contribution in [-0.4, -0.2) is 65.1 Å². The van der Waals surface area contributed by atoms with E-state index in [2.05, 4.69) is 14.8 Å². The van der Waals surface area contributed by atoms with E-state index in [9.17, 15) is 9.18 Å². The molecule has 3 heterocycles. The first-order chi connectivity index (χ1) is 16.6. The lowest BCUT2D eigenvalue weighted by molar-refractivity contribution is -0.172. The molecule has 0 bridgehead atoms. The first-order valence-electron chi connectivity index (χ1n) is 12.4. The fourth-order valence-corrected chi connectivity index (χ4v) is 5.40. The maximum absolute atomic E-state index is 15.0. The van der Waals surface area contributed by atoms with Crippen molar-refractivity contribution in [2.24, 2.45) is 0 Å². The molecule has 1 aromatic heterocycles. The number of likely N-dealkylation sites (tertiary alicyclic amines) is 1. The van der Waals surface area contributed by atoms with Gasteiger partial charge in [0.25, 0.3) is 0 Å². The van der Waals surface area contributed by atoms with Crippen molar-refractivity contribution in [3.63, 3.8) is 0 Å². The summed E-state index contributed by atoms with van der Waals surface area (Å²) in [6, 6.07) is 16.0. The predicted molar refractivity (Wildman–Crippen MR) is 130 cm³/mol. The van der Waals surface area contributed by atoms with Crippen molar-refractivity contribution < 1.29 is 13.9 Å². The van der Waals surface area contributed by atoms with Gasteiger partial charge in [-0.1, -0.05) is 30.3 Å². The Morgan fingerprint density at radius 1 is 1.06 bits per heavy atom. The zero-order valence-electron chi connectivity index (χ0n) is 19.4. The highest BCUT2D eigenvalue weighted by molar-refractivity contribution is 5.84. The Labute approximate surface area is 199 Å². The molecule has 3 aliphatic rings. The SMILES string of the molecule is O=C1COC2(CCN(CCc3ccc(-c4ccc5cccnc5c4)cc3F)CC2)CN1C1CC1. The number of ether oxygens (including phenoxy) is 1. The number of rotatable bonds is 5. The van der Waals surface area contributed by atoms with Crippen LogP contribution in [0.4, 0.5) is 4.39 Å². The molecule has 2 aliphatic heterocycles. The van der Waals surface area contributed by atoms with E-state index in [4.69, 9.17) is 4.74 Å². The predicted octanol–water partition coefficient (Wildman–Crippen LogP) is 4.44. The van der Waals surface area contributed by atoms with Gasteiger partial charge >= 0.3 is 0 Å². The fraction of sp³-hybridized carbons (Fsp3) is 0.429. The summed E-state index contributed by atoms with van der Waals surface area (Å²) in [5, 5.41) is 1.08. The highest BCUT2D eigenvalue weighted by atomic mass is 19.1. The molecule has 0 unspecified atom stereocenters. The van der Waals surface area contributed by atoms with Crippen LogP contribution in [0.3, 0.4) is 0 Å². The highest BCUT2D eigenvalue weighted by Crippen LogP contribution is 2.36. The monoisotopic (exact) mass is 459 g/mol. The quantitative estimate of drug-likeness (QED) is 0.566. The number of piperidine rings is 1. The third kappa shape index (κ3) is 4.32. The number of hydrogen-bond acceptors (Lipinski definition) is 4. The summed E-state index contributed by atoms with van der Waals surface area (Å²) in [6.45, 7) is 3.65. The molecule has 6 heteroatoms. The number of aromatic nitrogens is 1. The number of halogens is 1. The number of carbonyl (C=O) groups excluding carboxylic acids is 1. The Bertz CT molecular complexity index is 1220. The molecule has 2 saturated heterocycles. The average molecular weight is 460 g/mol. The third-order valence-corrected chi connectivity index (χ3v) is 7.73. The third-order valence-electron chi connectivity index (χ3n) is 7.73. The van der Waals surface area contributed by atoms with Crippen LogP contribution in [0.5, 0.6) is 0 Å². The van der Waals surface area contributed by atoms with E-state index >= 15 is 0 Å². The van der Waals surface area contributed by atoms with Crippen LogP contribution in [0.25, 0.3) is 22.0 Å². The molecule has 0 radical (unpaired) electrons. The van der Waals surface area contributed by atoms with Gasteiger partial charge in [-0.05, 0) is 67.0 Å². The Balaban J connectivity index is 1.06. The first-order valence-corrected chi connectivity index (χ1v) is 12.4. The van der Waals surface area contributed by atoms with E-state index in [1.807, 2.05) is 42.5 Å². The largest absolute Gasteiger partial charge is 0.363 e. The van der Waals surface area contributed by atoms with Crippen molar-refractivity contribution in [2.75, 3.05) is 32.8 Å². The van der Waals surface area contributed by atoms with Gasteiger partial charge in [-0.2, -0.15) is 0 Å². The molecule has 6 rings (SSSR count). The number of carbonyl (C=O) groups is 1. The summed E-state index contributed by atoms with van der Waals surface area (Å²) in [4.78, 5) is 21.0. The summed E-state index contributed by atoms with van der Waals surface area (Å²) >= 11 is 0. The molecule has 3 aromatic rings. The molecule has 176 valence electrons. The molecular weight excluding hydrogens is 429 g/mol. The van der Waals surface area contributed by atoms with Gasteiger partial charge in [0.2, 0.25) is 5.91 Å². The molecule has 1 aliphatic carbocycles. The van der Waals surface area contributed by atoms with Crippen LogP contribution < -0.4 is 0 Å². The summed E-state index contributed by atoms with van der Waals surface area (Å²) in [7, 11) is 0. The van der Waals surface area contributed by atoms with Gasteiger partial charge < -0.3 is 14.5 Å². The minimum Gasteiger partial charge on any atom is -0.363 e. The summed E-state index contributed by atoms with van der Waals surface area (Å²) in [6.07, 6.45) is 6.60. The average Bonchev–Trinajstić information content (AvgIpc) is 3.71. The minimum absolute atomic E-state index is 0.148. The van der Waals surface area contributed by atoms with Crippen LogP contribution in [-0.2, 0) is 16.0 Å². The van der Waals surface area contributed by atoms with E-state index in [0.29, 0.717) is 12.5 Å². The number of hydrogen-bond donors (Lipinski definition) is 0. The van der Waals surface area contributed by atoms with Gasteiger partial charge in [0.05, 0.1) is 17.7 Å². The van der Waals surface area contributed by atoms with Crippen molar-refractivity contribution in [1.29, 1.82) is 0 Å². The molecule has 5 nitrogen and oxygen atoms in total. The van der Waals surface area contributed by atoms with Crippen molar-refractivity contribution in [2.45, 2.75) is 43.7 Å². The van der Waals surface area contributed by atoms with E-state index < -0.39 is 0 Å². The Morgan fingerprint density at radius 2 is 1.85 bits per heavy atom. The van der Waals surface area contributed by atoms with Gasteiger partial charge in [-0.15, -0.1) is 0 Å². The number of benzene rings is 2. The van der Waals surface area contributed by atoms with E-state index in [1.165, 1.54) is 0 Å². The van der Waals surface area contributed by atoms with Crippen LogP contribution in [0, 0.1) is 5.82 Å². The lowest BCUT2D eigenvalue weighted by Gasteiger charge is -2.47. The molecular formula is C28H30FN3O2. The van der Waals surface area contributed by atoms with Gasteiger partial charge in [0.1, 0.15) is 12.4 Å². The van der Waals surface area contributed by atoms with Crippen LogP contribution in [0.2, 0.25) is 0 Å². The number of nitrogens with zero attached hydrogens (tertiary/aromatic N) is 3. The zero-order chi connectivity index (χ0) is 23.1. The normalized spacial score (nSPS) is 20.9. The summed E-state index contributed by atoms with van der Waals surface area (Å²) in [5.41, 5.74) is 3.33. The zero-order valence-corrected chi connectivity index (χ0v) is 19.4. The number of fused-ring (bicyclic) bond motifs is 1. The van der Waals surface area contributed by atoms with Crippen molar-refractivity contribution >= 4 is 16.8 Å². The number of amides is 1. The second kappa shape index (κ2) is 8.75. The fourth-order valence-electron chi connectivity index (χ4n) is 5.40. The van der Waals surface area contributed by atoms with Crippen LogP contribution >= 0.6 is 0 Å². The molecule has 1 amide bonds. The maximum atomic E-state index is 15.0. The van der Waals surface area contributed by atoms with Crippen LogP contribution in [0.15, 0.2) is 54.7 Å². The Hall–Kier alpha value is -2.83. The van der Waals surface area contributed by atoms with Crippen LogP contribution in [0.1, 0.15) is 31.2 Å². The Kier molecular flexibility index (Phi) is 5.58. The van der Waals surface area contributed by atoms with Crippen molar-refractivity contribution in [3.8, 4) is 11.1 Å². The van der Waals surface area contributed by atoms with E-state index in [-0.39, 0.29) is 23.9 Å². The smallest absolute Gasteiger partial charge is 0.248 e. The molecule has 1 spiro atoms. The standard InChI is InChI=1S/C28H30FN3O2/c29-25-16-22(23-6-4-21-2-1-12-30-26(21)17-23)5-3-20(25)9-13-31-14-10-28(11-15-31)19-32(24-7-8-24)27(33)18-34-28/h1-6,12,16-17,24H,7-11,13-15,18-19H2. The highest BCUT2D eigenvalue weighted by Gasteiger charge is 2.46. The van der Waals surface area contributed by atoms with Gasteiger partial charge in [0.15, 0.2) is 0 Å². The Morgan fingerprint density at radius 3 is 2.65 bits per heavy atom. The van der Waals surface area contributed by atoms with Crippen molar-refractivity contribution in [3.05, 3.63) is 66.1 Å². The van der Waals surface area contributed by atoms with Crippen molar-refractivity contribution in [1.82, 2.24) is 14.8 Å². The second-order valence-corrected chi connectivity index (χ2v) is 10.0. The molecule has 0 atom stereocenters. The minimum atomic E-state index is -0.186. The molecule has 2 aromatic carbocycles. The number of pyridine rings is 1. The summed E-state index contributed by atoms with van der Waals surface area (Å²) < 4.78 is 21.0. The molecule has 1 saturated carbocycles. The first kappa shape index (κ1) is 21.7. The summed E-state index contributed by atoms with van der Waals surface area (Å²) in [5.74, 6) is -0.00396. The van der Waals surface area contributed by atoms with E-state index in [1.54, 1.807) is 12.3 Å². The maximum Gasteiger partial charge on any atom is 0.248 e. The van der Waals surface area contributed by atoms with Gasteiger partial charge in [-0.3, -0.25) is 9.78 Å². The van der Waals surface area contributed by atoms with Gasteiger partial charge in [0, 0.05) is 37.3 Å². The second-order valence-electron chi connectivity index (χ2n) is 10.0. The lowest BCUT2D eigenvalue weighted by Crippen LogP contribution is -2.59. The lowest BCUT2D eigenvalue weighted by atomic mass is 9.89. The molecule has 3 fully saturated rings. The number of morpholine rings is 1.